The molecule has 2 amide bonds. The third-order valence-electron chi connectivity index (χ3n) is 1.98. The first-order valence-corrected chi connectivity index (χ1v) is 4.00. The molecule has 1 heterocycles. The minimum absolute atomic E-state index is 0.164. The fourth-order valence-electron chi connectivity index (χ4n) is 1.36. The number of nitrogens with one attached hydrogen (secondary N) is 1. The Morgan fingerprint density at radius 2 is 1.60 bits per heavy atom. The van der Waals surface area contributed by atoms with Gasteiger partial charge in [-0.2, -0.15) is 0 Å². The summed E-state index contributed by atoms with van der Waals surface area (Å²) >= 11 is 0. The van der Waals surface area contributed by atoms with Gasteiger partial charge in [0.25, 0.3) is 11.8 Å². The number of nitrogens with zero attached hydrogens (tertiary/aromatic N) is 2. The molecule has 1 N–H and O–H groups in total. The first-order chi connectivity index (χ1) is 7.11. The van der Waals surface area contributed by atoms with E-state index in [0.717, 1.165) is 0 Å². The third kappa shape index (κ3) is 1.30. The highest BCUT2D eigenvalue weighted by molar-refractivity contribution is 6.20. The largest absolute Gasteiger partial charge is 0.284 e. The van der Waals surface area contributed by atoms with Crippen LogP contribution in [-0.2, 0) is 0 Å². The van der Waals surface area contributed by atoms with Gasteiger partial charge < -0.3 is 0 Å². The number of hydrogen-bond donors (Lipinski definition) is 1. The van der Waals surface area contributed by atoms with Crippen molar-refractivity contribution in [2.75, 3.05) is 0 Å². The first kappa shape index (κ1) is 9.13. The van der Waals surface area contributed by atoms with Gasteiger partial charge in [0.1, 0.15) is 0 Å². The summed E-state index contributed by atoms with van der Waals surface area (Å²) in [6.07, 6.45) is 0. The molecule has 0 fully saturated rings. The zero-order valence-corrected chi connectivity index (χ0v) is 7.34. The van der Waals surface area contributed by atoms with E-state index in [9.17, 15) is 19.7 Å². The Balaban J connectivity index is 2.41. The molecule has 7 heteroatoms. The molecule has 0 bridgehead atoms. The molecule has 2 rings (SSSR count). The SMILES string of the molecule is O=C1c2ccccc2C(=O)N1N[N+](=O)[O-]. The van der Waals surface area contributed by atoms with E-state index < -0.39 is 16.8 Å². The minimum Gasteiger partial charge on any atom is -0.266 e. The number of rotatable bonds is 2. The summed E-state index contributed by atoms with van der Waals surface area (Å²) in [5.74, 6) is -1.43. The van der Waals surface area contributed by atoms with Gasteiger partial charge in [0.15, 0.2) is 5.03 Å². The number of hydrazine groups is 2. The number of carbonyl (C=O) groups is 2. The average Bonchev–Trinajstić information content (AvgIpc) is 2.44. The Morgan fingerprint density at radius 3 is 2.00 bits per heavy atom. The number of carbonyl (C=O) groups excluding carboxylic acids is 2. The predicted octanol–water partition coefficient (Wildman–Crippen LogP) is -0.0211. The molecule has 0 saturated heterocycles. The van der Waals surface area contributed by atoms with Gasteiger partial charge in [0, 0.05) is 0 Å². The maximum absolute atomic E-state index is 11.5. The number of fused-ring (bicyclic) bond motifs is 1. The molecule has 76 valence electrons. The van der Waals surface area contributed by atoms with Crippen molar-refractivity contribution in [2.45, 2.75) is 0 Å². The minimum atomic E-state index is -0.957. The first-order valence-electron chi connectivity index (χ1n) is 4.00. The highest BCUT2D eigenvalue weighted by Gasteiger charge is 2.37. The van der Waals surface area contributed by atoms with E-state index >= 15 is 0 Å². The van der Waals surface area contributed by atoms with Crippen LogP contribution in [0.5, 0.6) is 0 Å². The van der Waals surface area contributed by atoms with Crippen molar-refractivity contribution < 1.29 is 14.6 Å². The van der Waals surface area contributed by atoms with Crippen LogP contribution in [0, 0.1) is 10.1 Å². The summed E-state index contributed by atoms with van der Waals surface area (Å²) in [5.41, 5.74) is 1.87. The van der Waals surface area contributed by atoms with Crippen LogP contribution < -0.4 is 5.53 Å². The molecule has 0 radical (unpaired) electrons. The van der Waals surface area contributed by atoms with Crippen molar-refractivity contribution in [2.24, 2.45) is 0 Å². The summed E-state index contributed by atoms with van der Waals surface area (Å²) in [5, 5.41) is 9.57. The second-order valence-corrected chi connectivity index (χ2v) is 2.85. The highest BCUT2D eigenvalue weighted by Crippen LogP contribution is 2.20. The van der Waals surface area contributed by atoms with Crippen LogP contribution in [0.15, 0.2) is 24.3 Å². The molecular formula is C8H5N3O4. The van der Waals surface area contributed by atoms with E-state index in [1.807, 2.05) is 0 Å². The fourth-order valence-corrected chi connectivity index (χ4v) is 1.36. The lowest BCUT2D eigenvalue weighted by Gasteiger charge is -2.06. The molecule has 0 aromatic heterocycles. The van der Waals surface area contributed by atoms with Crippen molar-refractivity contribution in [1.29, 1.82) is 0 Å². The van der Waals surface area contributed by atoms with Crippen LogP contribution in [0.3, 0.4) is 0 Å². The van der Waals surface area contributed by atoms with Gasteiger partial charge in [-0.15, -0.1) is 5.01 Å². The van der Waals surface area contributed by atoms with Gasteiger partial charge in [-0.05, 0) is 17.7 Å². The van der Waals surface area contributed by atoms with Crippen LogP contribution in [0.2, 0.25) is 0 Å². The molecule has 1 aliphatic heterocycles. The van der Waals surface area contributed by atoms with Crippen LogP contribution in [0.1, 0.15) is 20.7 Å². The number of benzene rings is 1. The quantitative estimate of drug-likeness (QED) is 0.418. The topological polar surface area (TPSA) is 92.6 Å². The maximum Gasteiger partial charge on any atom is 0.284 e. The smallest absolute Gasteiger partial charge is 0.266 e. The molecule has 7 nitrogen and oxygen atoms in total. The van der Waals surface area contributed by atoms with Gasteiger partial charge in [-0.3, -0.25) is 9.59 Å². The summed E-state index contributed by atoms with van der Waals surface area (Å²) in [4.78, 5) is 33.1. The van der Waals surface area contributed by atoms with Crippen molar-refractivity contribution in [1.82, 2.24) is 10.5 Å². The normalized spacial score (nSPS) is 14.0. The number of imide groups is 1. The number of amides is 2. The zero-order valence-electron chi connectivity index (χ0n) is 7.34. The van der Waals surface area contributed by atoms with E-state index in [0.29, 0.717) is 5.01 Å². The van der Waals surface area contributed by atoms with Gasteiger partial charge in [0.05, 0.1) is 11.1 Å². The number of nitro groups is 1. The van der Waals surface area contributed by atoms with Gasteiger partial charge in [-0.1, -0.05) is 12.1 Å². The molecule has 1 aliphatic rings. The monoisotopic (exact) mass is 207 g/mol. The van der Waals surface area contributed by atoms with E-state index in [4.69, 9.17) is 0 Å². The average molecular weight is 207 g/mol. The van der Waals surface area contributed by atoms with Crippen LogP contribution in [0.4, 0.5) is 0 Å². The van der Waals surface area contributed by atoms with Crippen molar-refractivity contribution in [3.05, 3.63) is 45.5 Å². The summed E-state index contributed by atoms with van der Waals surface area (Å²) in [7, 11) is 0. The lowest BCUT2D eigenvalue weighted by Crippen LogP contribution is -2.45. The Labute approximate surface area is 83.4 Å². The Kier molecular flexibility index (Phi) is 1.86. The predicted molar refractivity (Wildman–Crippen MR) is 47.1 cm³/mol. The second-order valence-electron chi connectivity index (χ2n) is 2.85. The fraction of sp³-hybridized carbons (Fsp3) is 0. The van der Waals surface area contributed by atoms with Crippen LogP contribution in [-0.4, -0.2) is 21.9 Å². The zero-order chi connectivity index (χ0) is 11.0. The number of hydrogen-bond acceptors (Lipinski definition) is 4. The summed E-state index contributed by atoms with van der Waals surface area (Å²) in [6, 6.07) is 6.05. The van der Waals surface area contributed by atoms with Crippen molar-refractivity contribution in [3.63, 3.8) is 0 Å². The van der Waals surface area contributed by atoms with Gasteiger partial charge in [0.2, 0.25) is 0 Å². The van der Waals surface area contributed by atoms with E-state index in [2.05, 4.69) is 0 Å². The Bertz CT molecular complexity index is 436. The Morgan fingerprint density at radius 1 is 1.13 bits per heavy atom. The Hall–Kier alpha value is -2.44. The molecular weight excluding hydrogens is 202 g/mol. The highest BCUT2D eigenvalue weighted by atomic mass is 16.7. The summed E-state index contributed by atoms with van der Waals surface area (Å²) < 4.78 is 0. The molecule has 0 spiro atoms. The molecule has 15 heavy (non-hydrogen) atoms. The third-order valence-corrected chi connectivity index (χ3v) is 1.98. The van der Waals surface area contributed by atoms with Crippen LogP contribution in [0.25, 0.3) is 0 Å². The standard InChI is InChI=1S/C8H5N3O4/c12-7-5-3-1-2-4-6(5)8(13)10(7)9-11(14)15/h1-4,9H. The molecule has 0 atom stereocenters. The lowest BCUT2D eigenvalue weighted by molar-refractivity contribution is -0.567. The van der Waals surface area contributed by atoms with Gasteiger partial charge >= 0.3 is 0 Å². The molecule has 1 aromatic carbocycles. The lowest BCUT2D eigenvalue weighted by atomic mass is 10.1. The van der Waals surface area contributed by atoms with E-state index in [1.165, 1.54) is 12.1 Å². The van der Waals surface area contributed by atoms with E-state index in [1.54, 1.807) is 17.7 Å². The molecule has 0 saturated carbocycles. The van der Waals surface area contributed by atoms with Crippen LogP contribution >= 0.6 is 0 Å². The second kappa shape index (κ2) is 3.05. The maximum atomic E-state index is 11.5. The molecule has 0 aliphatic carbocycles. The molecule has 0 unspecified atom stereocenters. The summed E-state index contributed by atoms with van der Waals surface area (Å²) in [6.45, 7) is 0. The van der Waals surface area contributed by atoms with Crippen molar-refractivity contribution >= 4 is 11.8 Å². The molecule has 1 aromatic rings. The van der Waals surface area contributed by atoms with Crippen molar-refractivity contribution in [3.8, 4) is 0 Å². The van der Waals surface area contributed by atoms with Gasteiger partial charge in [-0.25, -0.2) is 10.1 Å². The van der Waals surface area contributed by atoms with E-state index in [-0.39, 0.29) is 11.1 Å².